The molecule has 0 aromatic heterocycles. The molecule has 8 heteroatoms. The maximum absolute atomic E-state index is 11.8. The molecule has 1 aromatic rings. The van der Waals surface area contributed by atoms with E-state index < -0.39 is 10.0 Å². The number of methoxy groups -OCH3 is 1. The van der Waals surface area contributed by atoms with E-state index in [0.717, 1.165) is 23.4 Å². The number of hydrogen-bond acceptors (Lipinski definition) is 5. The second kappa shape index (κ2) is 7.65. The van der Waals surface area contributed by atoms with Crippen molar-refractivity contribution in [2.24, 2.45) is 0 Å². The van der Waals surface area contributed by atoms with Crippen LogP contribution in [0.15, 0.2) is 24.3 Å². The number of carbonyl (C=O) groups excluding carboxylic acids is 1. The minimum absolute atomic E-state index is 0.114. The molecular formula is C15H22N2O5S. The Morgan fingerprint density at radius 2 is 1.87 bits per heavy atom. The Morgan fingerprint density at radius 1 is 1.26 bits per heavy atom. The van der Waals surface area contributed by atoms with Crippen LogP contribution in [0.5, 0.6) is 11.5 Å². The van der Waals surface area contributed by atoms with E-state index in [1.807, 2.05) is 0 Å². The monoisotopic (exact) mass is 342 g/mol. The summed E-state index contributed by atoms with van der Waals surface area (Å²) < 4.78 is 35.2. The summed E-state index contributed by atoms with van der Waals surface area (Å²) in [6.07, 6.45) is 3.02. The summed E-state index contributed by atoms with van der Waals surface area (Å²) in [5.41, 5.74) is 0. The van der Waals surface area contributed by atoms with E-state index in [2.05, 4.69) is 5.32 Å². The Labute approximate surface area is 136 Å². The number of nitrogens with one attached hydrogen (secondary N) is 1. The Balaban J connectivity index is 1.83. The van der Waals surface area contributed by atoms with Gasteiger partial charge in [0.15, 0.2) is 0 Å². The zero-order valence-electron chi connectivity index (χ0n) is 13.3. The summed E-state index contributed by atoms with van der Waals surface area (Å²) in [6.45, 7) is 0.0976. The summed E-state index contributed by atoms with van der Waals surface area (Å²) in [6, 6.07) is 7.20. The standard InChI is InChI=1S/C15H22N2O5S/c1-21-13-5-7-14(8-6-13)22-10-9-17(23(2,19)20)11-15(18)16-12-3-4-12/h5-8,12H,3-4,9-11H2,1-2H3,(H,16,18). The molecule has 1 amide bonds. The van der Waals surface area contributed by atoms with E-state index in [4.69, 9.17) is 9.47 Å². The van der Waals surface area contributed by atoms with Crippen molar-refractivity contribution in [3.63, 3.8) is 0 Å². The molecule has 1 N–H and O–H groups in total. The smallest absolute Gasteiger partial charge is 0.235 e. The van der Waals surface area contributed by atoms with Crippen LogP contribution in [0.1, 0.15) is 12.8 Å². The highest BCUT2D eigenvalue weighted by molar-refractivity contribution is 7.88. The molecule has 0 heterocycles. The zero-order chi connectivity index (χ0) is 16.9. The number of sulfonamides is 1. The van der Waals surface area contributed by atoms with Crippen molar-refractivity contribution in [1.82, 2.24) is 9.62 Å². The SMILES string of the molecule is COc1ccc(OCCN(CC(=O)NC2CC2)S(C)(=O)=O)cc1. The topological polar surface area (TPSA) is 84.9 Å². The van der Waals surface area contributed by atoms with E-state index in [0.29, 0.717) is 11.5 Å². The van der Waals surface area contributed by atoms with Crippen molar-refractivity contribution in [1.29, 1.82) is 0 Å². The fourth-order valence-corrected chi connectivity index (χ4v) is 2.72. The van der Waals surface area contributed by atoms with Crippen molar-refractivity contribution >= 4 is 15.9 Å². The van der Waals surface area contributed by atoms with E-state index >= 15 is 0 Å². The lowest BCUT2D eigenvalue weighted by molar-refractivity contribution is -0.121. The molecule has 1 aliphatic rings. The first-order valence-corrected chi connectivity index (χ1v) is 9.24. The highest BCUT2D eigenvalue weighted by Crippen LogP contribution is 2.19. The van der Waals surface area contributed by atoms with Gasteiger partial charge in [0.2, 0.25) is 15.9 Å². The third-order valence-corrected chi connectivity index (χ3v) is 4.65. The Bertz CT molecular complexity index is 626. The molecule has 2 rings (SSSR count). The summed E-state index contributed by atoms with van der Waals surface area (Å²) in [7, 11) is -1.89. The maximum atomic E-state index is 11.8. The van der Waals surface area contributed by atoms with Crippen LogP contribution in [0.3, 0.4) is 0 Å². The molecule has 0 spiro atoms. The number of amides is 1. The van der Waals surface area contributed by atoms with Gasteiger partial charge in [0, 0.05) is 12.6 Å². The van der Waals surface area contributed by atoms with E-state index in [1.54, 1.807) is 31.4 Å². The van der Waals surface area contributed by atoms with E-state index in [-0.39, 0.29) is 31.6 Å². The van der Waals surface area contributed by atoms with Gasteiger partial charge in [-0.2, -0.15) is 4.31 Å². The quantitative estimate of drug-likeness (QED) is 0.711. The third-order valence-electron chi connectivity index (χ3n) is 3.40. The molecule has 0 aliphatic heterocycles. The van der Waals surface area contributed by atoms with Gasteiger partial charge in [-0.25, -0.2) is 8.42 Å². The van der Waals surface area contributed by atoms with Crippen molar-refractivity contribution in [3.05, 3.63) is 24.3 Å². The number of ether oxygens (including phenoxy) is 2. The van der Waals surface area contributed by atoms with Gasteiger partial charge in [-0.1, -0.05) is 0 Å². The normalized spacial score (nSPS) is 14.6. The lowest BCUT2D eigenvalue weighted by Gasteiger charge is -2.19. The molecule has 1 saturated carbocycles. The van der Waals surface area contributed by atoms with Gasteiger partial charge in [-0.3, -0.25) is 4.79 Å². The number of carbonyl (C=O) groups is 1. The first-order chi connectivity index (χ1) is 10.9. The predicted octanol–water partition coefficient (Wildman–Crippen LogP) is 0.614. The molecule has 0 saturated heterocycles. The first-order valence-electron chi connectivity index (χ1n) is 7.40. The van der Waals surface area contributed by atoms with Crippen LogP contribution in [0, 0.1) is 0 Å². The lowest BCUT2D eigenvalue weighted by Crippen LogP contribution is -2.42. The van der Waals surface area contributed by atoms with Crippen molar-refractivity contribution < 1.29 is 22.7 Å². The van der Waals surface area contributed by atoms with Gasteiger partial charge >= 0.3 is 0 Å². The van der Waals surface area contributed by atoms with Crippen LogP contribution in [0.4, 0.5) is 0 Å². The van der Waals surface area contributed by atoms with Gasteiger partial charge in [0.25, 0.3) is 0 Å². The molecule has 1 aromatic carbocycles. The molecule has 1 aliphatic carbocycles. The lowest BCUT2D eigenvalue weighted by atomic mass is 10.3. The summed E-state index contributed by atoms with van der Waals surface area (Å²) in [5, 5.41) is 2.78. The number of benzene rings is 1. The summed E-state index contributed by atoms with van der Waals surface area (Å²) >= 11 is 0. The van der Waals surface area contributed by atoms with Crippen LogP contribution in [0.2, 0.25) is 0 Å². The Kier molecular flexibility index (Phi) is 5.84. The molecule has 0 unspecified atom stereocenters. The number of nitrogens with zero attached hydrogens (tertiary/aromatic N) is 1. The molecule has 23 heavy (non-hydrogen) atoms. The highest BCUT2D eigenvalue weighted by atomic mass is 32.2. The predicted molar refractivity (Wildman–Crippen MR) is 86.1 cm³/mol. The fraction of sp³-hybridized carbons (Fsp3) is 0.533. The first kappa shape index (κ1) is 17.6. The average molecular weight is 342 g/mol. The second-order valence-corrected chi connectivity index (χ2v) is 7.44. The van der Waals surface area contributed by atoms with Gasteiger partial charge in [-0.15, -0.1) is 0 Å². The van der Waals surface area contributed by atoms with E-state index in [1.165, 1.54) is 0 Å². The Morgan fingerprint density at radius 3 is 2.39 bits per heavy atom. The number of rotatable bonds is 9. The van der Waals surface area contributed by atoms with Gasteiger partial charge in [0.05, 0.1) is 19.9 Å². The van der Waals surface area contributed by atoms with Crippen LogP contribution in [0.25, 0.3) is 0 Å². The second-order valence-electron chi connectivity index (χ2n) is 5.46. The minimum atomic E-state index is -3.47. The maximum Gasteiger partial charge on any atom is 0.235 e. The zero-order valence-corrected chi connectivity index (χ0v) is 14.1. The highest BCUT2D eigenvalue weighted by Gasteiger charge is 2.26. The van der Waals surface area contributed by atoms with Gasteiger partial charge < -0.3 is 14.8 Å². The van der Waals surface area contributed by atoms with Crippen LogP contribution in [-0.4, -0.2) is 57.7 Å². The molecule has 1 fully saturated rings. The Hall–Kier alpha value is -1.80. The summed E-state index contributed by atoms with van der Waals surface area (Å²) in [4.78, 5) is 11.8. The van der Waals surface area contributed by atoms with Crippen LogP contribution >= 0.6 is 0 Å². The molecule has 7 nitrogen and oxygen atoms in total. The molecule has 0 radical (unpaired) electrons. The van der Waals surface area contributed by atoms with Crippen molar-refractivity contribution in [2.45, 2.75) is 18.9 Å². The van der Waals surface area contributed by atoms with Crippen molar-refractivity contribution in [2.75, 3.05) is 33.1 Å². The van der Waals surface area contributed by atoms with Crippen LogP contribution < -0.4 is 14.8 Å². The minimum Gasteiger partial charge on any atom is -0.497 e. The molecular weight excluding hydrogens is 320 g/mol. The van der Waals surface area contributed by atoms with Gasteiger partial charge in [-0.05, 0) is 37.1 Å². The van der Waals surface area contributed by atoms with Crippen LogP contribution in [-0.2, 0) is 14.8 Å². The largest absolute Gasteiger partial charge is 0.497 e. The fourth-order valence-electron chi connectivity index (χ4n) is 1.96. The third kappa shape index (κ3) is 6.07. The molecule has 0 bridgehead atoms. The average Bonchev–Trinajstić information content (AvgIpc) is 3.29. The molecule has 0 atom stereocenters. The van der Waals surface area contributed by atoms with E-state index in [9.17, 15) is 13.2 Å². The number of hydrogen-bond donors (Lipinski definition) is 1. The van der Waals surface area contributed by atoms with Gasteiger partial charge in [0.1, 0.15) is 18.1 Å². The van der Waals surface area contributed by atoms with Crippen molar-refractivity contribution in [3.8, 4) is 11.5 Å². The summed E-state index contributed by atoms with van der Waals surface area (Å²) in [5.74, 6) is 1.05. The molecule has 128 valence electrons.